The summed E-state index contributed by atoms with van der Waals surface area (Å²) >= 11 is 0. The predicted octanol–water partition coefficient (Wildman–Crippen LogP) is 5.36. The predicted molar refractivity (Wildman–Crippen MR) is 145 cm³/mol. The third-order valence-electron chi connectivity index (χ3n) is 7.57. The highest BCUT2D eigenvalue weighted by molar-refractivity contribution is 5.77. The van der Waals surface area contributed by atoms with Crippen molar-refractivity contribution in [2.24, 2.45) is 11.3 Å². The van der Waals surface area contributed by atoms with E-state index < -0.39 is 6.04 Å². The van der Waals surface area contributed by atoms with Crippen LogP contribution in [-0.4, -0.2) is 47.9 Å². The first-order chi connectivity index (χ1) is 18.1. The minimum Gasteiger partial charge on any atom is -0.481 e. The number of methoxy groups -OCH3 is 1. The van der Waals surface area contributed by atoms with E-state index in [0.717, 1.165) is 11.1 Å². The van der Waals surface area contributed by atoms with Gasteiger partial charge in [-0.25, -0.2) is 9.97 Å². The number of carbonyl (C=O) groups is 1. The van der Waals surface area contributed by atoms with Crippen LogP contribution in [0.25, 0.3) is 0 Å². The highest BCUT2D eigenvalue weighted by Crippen LogP contribution is 2.46. The summed E-state index contributed by atoms with van der Waals surface area (Å²) in [6.07, 6.45) is 6.87. The highest BCUT2D eigenvalue weighted by Gasteiger charge is 2.53. The van der Waals surface area contributed by atoms with Crippen molar-refractivity contribution in [3.8, 4) is 11.8 Å². The van der Waals surface area contributed by atoms with E-state index in [1.165, 1.54) is 24.8 Å². The number of hydrogen-bond acceptors (Lipinski definition) is 8. The van der Waals surface area contributed by atoms with Gasteiger partial charge in [-0.15, -0.1) is 0 Å². The number of carbonyl (C=O) groups excluding carboxylic acids is 1. The van der Waals surface area contributed by atoms with Crippen LogP contribution in [0.3, 0.4) is 0 Å². The van der Waals surface area contributed by atoms with Crippen LogP contribution in [0, 0.1) is 11.3 Å². The molecule has 1 saturated heterocycles. The number of nitrogens with one attached hydrogen (secondary N) is 1. The molecule has 38 heavy (non-hydrogen) atoms. The Morgan fingerprint density at radius 1 is 1.18 bits per heavy atom. The summed E-state index contributed by atoms with van der Waals surface area (Å²) in [6.45, 7) is 12.8. The van der Waals surface area contributed by atoms with Gasteiger partial charge in [-0.1, -0.05) is 33.3 Å². The molecule has 4 rings (SSSR count). The fourth-order valence-corrected chi connectivity index (χ4v) is 5.61. The Hall–Kier alpha value is -2.71. The number of nitrogens with zero attached hydrogens (tertiary/aromatic N) is 2. The van der Waals surface area contributed by atoms with Crippen molar-refractivity contribution >= 4 is 5.97 Å². The zero-order chi connectivity index (χ0) is 27.4. The molecule has 2 fully saturated rings. The lowest BCUT2D eigenvalue weighted by Gasteiger charge is -2.35. The van der Waals surface area contributed by atoms with Crippen LogP contribution in [0.4, 0.5) is 0 Å². The van der Waals surface area contributed by atoms with Gasteiger partial charge in [0.05, 0.1) is 38.6 Å². The fraction of sp³-hybridized carbons (Fsp3) is 0.633. The van der Waals surface area contributed by atoms with Crippen LogP contribution in [0.15, 0.2) is 30.6 Å². The second-order valence-corrected chi connectivity index (χ2v) is 11.7. The Morgan fingerprint density at radius 3 is 2.55 bits per heavy atom. The first kappa shape index (κ1) is 28.3. The summed E-state index contributed by atoms with van der Waals surface area (Å²) in [6, 6.07) is 5.17. The molecule has 1 aliphatic carbocycles. The van der Waals surface area contributed by atoms with E-state index in [1.54, 1.807) is 13.3 Å². The van der Waals surface area contributed by atoms with Crippen molar-refractivity contribution in [2.45, 2.75) is 97.6 Å². The number of aromatic nitrogens is 2. The molecule has 1 N–H and O–H groups in total. The molecule has 0 radical (unpaired) electrons. The van der Waals surface area contributed by atoms with Crippen molar-refractivity contribution in [3.63, 3.8) is 0 Å². The first-order valence-corrected chi connectivity index (χ1v) is 13.8. The second kappa shape index (κ2) is 12.0. The molecular formula is C30H43N3O5. The number of rotatable bonds is 10. The van der Waals surface area contributed by atoms with Crippen molar-refractivity contribution in [1.82, 2.24) is 15.3 Å². The molecule has 2 aliphatic rings. The minimum atomic E-state index is -0.543. The van der Waals surface area contributed by atoms with Gasteiger partial charge in [0, 0.05) is 29.4 Å². The van der Waals surface area contributed by atoms with Crippen LogP contribution < -0.4 is 14.8 Å². The fourth-order valence-electron chi connectivity index (χ4n) is 5.61. The van der Waals surface area contributed by atoms with E-state index in [9.17, 15) is 4.79 Å². The van der Waals surface area contributed by atoms with Gasteiger partial charge < -0.3 is 18.9 Å². The summed E-state index contributed by atoms with van der Waals surface area (Å²) < 4.78 is 23.9. The molecule has 0 unspecified atom stereocenters. The first-order valence-electron chi connectivity index (χ1n) is 13.8. The monoisotopic (exact) mass is 525 g/mol. The van der Waals surface area contributed by atoms with E-state index >= 15 is 0 Å². The standard InChI is InChI=1S/C30H43N3O5/c1-8-36-29(34)25-23(30(4,5)6)26(24(33-25)22-13-10-14-31-28(22)38-18(2)3)37-17-21-15-20(19-11-9-12-19)16-32-27(21)35-7/h10,13-16,18-19,23-26,33H,8-9,11-12,17H2,1-7H3/t23-,24+,25+,26-/m1/s1. The van der Waals surface area contributed by atoms with E-state index in [-0.39, 0.29) is 35.6 Å². The topological polar surface area (TPSA) is 91.8 Å². The molecule has 0 aromatic carbocycles. The third-order valence-corrected chi connectivity index (χ3v) is 7.57. The largest absolute Gasteiger partial charge is 0.481 e. The molecule has 2 aromatic heterocycles. The van der Waals surface area contributed by atoms with Gasteiger partial charge in [0.25, 0.3) is 0 Å². The Kier molecular flexibility index (Phi) is 8.93. The molecule has 208 valence electrons. The Bertz CT molecular complexity index is 1100. The average molecular weight is 526 g/mol. The van der Waals surface area contributed by atoms with Crippen molar-refractivity contribution in [3.05, 3.63) is 47.3 Å². The van der Waals surface area contributed by atoms with E-state index in [2.05, 4.69) is 42.1 Å². The van der Waals surface area contributed by atoms with Gasteiger partial charge in [-0.3, -0.25) is 10.1 Å². The summed E-state index contributed by atoms with van der Waals surface area (Å²) in [4.78, 5) is 22.3. The summed E-state index contributed by atoms with van der Waals surface area (Å²) in [7, 11) is 1.63. The lowest BCUT2D eigenvalue weighted by molar-refractivity contribution is -0.148. The zero-order valence-electron chi connectivity index (χ0n) is 23.8. The molecule has 1 aliphatic heterocycles. The third kappa shape index (κ3) is 6.12. The molecule has 3 heterocycles. The average Bonchev–Trinajstić information content (AvgIpc) is 3.22. The van der Waals surface area contributed by atoms with Crippen LogP contribution in [0.5, 0.6) is 11.8 Å². The Morgan fingerprint density at radius 2 is 1.95 bits per heavy atom. The minimum absolute atomic E-state index is 0.0479. The maximum absolute atomic E-state index is 13.2. The summed E-state index contributed by atoms with van der Waals surface area (Å²) in [5.41, 5.74) is 2.74. The molecule has 8 heteroatoms. The number of ether oxygens (including phenoxy) is 4. The number of hydrogen-bond donors (Lipinski definition) is 1. The lowest BCUT2D eigenvalue weighted by atomic mass is 9.73. The van der Waals surface area contributed by atoms with Gasteiger partial charge in [-0.05, 0) is 62.6 Å². The normalized spacial score (nSPS) is 23.8. The molecular weight excluding hydrogens is 482 g/mol. The summed E-state index contributed by atoms with van der Waals surface area (Å²) in [5, 5.41) is 3.56. The van der Waals surface area contributed by atoms with E-state index in [0.29, 0.717) is 30.9 Å². The SMILES string of the molecule is CCOC(=O)[C@H]1N[C@@H](c2cccnc2OC(C)C)[C@H](OCc2cc(C3CCC3)cnc2OC)[C@@H]1C(C)(C)C. The Balaban J connectivity index is 1.71. The number of pyridine rings is 2. The van der Waals surface area contributed by atoms with Crippen molar-refractivity contribution in [1.29, 1.82) is 0 Å². The van der Waals surface area contributed by atoms with E-state index in [4.69, 9.17) is 18.9 Å². The summed E-state index contributed by atoms with van der Waals surface area (Å²) in [5.74, 6) is 1.21. The molecule has 1 saturated carbocycles. The van der Waals surface area contributed by atoms with Crippen LogP contribution in [0.1, 0.15) is 89.5 Å². The maximum atomic E-state index is 13.2. The van der Waals surface area contributed by atoms with Gasteiger partial charge in [0.1, 0.15) is 6.04 Å². The highest BCUT2D eigenvalue weighted by atomic mass is 16.5. The second-order valence-electron chi connectivity index (χ2n) is 11.7. The quantitative estimate of drug-likeness (QED) is 0.414. The van der Waals surface area contributed by atoms with E-state index in [1.807, 2.05) is 39.1 Å². The molecule has 8 nitrogen and oxygen atoms in total. The molecule has 4 atom stereocenters. The van der Waals surface area contributed by atoms with Gasteiger partial charge in [-0.2, -0.15) is 0 Å². The smallest absolute Gasteiger partial charge is 0.323 e. The zero-order valence-corrected chi connectivity index (χ0v) is 23.8. The molecule has 0 bridgehead atoms. The van der Waals surface area contributed by atoms with Crippen LogP contribution in [0.2, 0.25) is 0 Å². The molecule has 2 aromatic rings. The molecule has 0 amide bonds. The van der Waals surface area contributed by atoms with Crippen LogP contribution in [-0.2, 0) is 20.9 Å². The molecule has 0 spiro atoms. The van der Waals surface area contributed by atoms with Gasteiger partial charge in [0.15, 0.2) is 0 Å². The number of esters is 1. The van der Waals surface area contributed by atoms with Gasteiger partial charge >= 0.3 is 5.97 Å². The van der Waals surface area contributed by atoms with Crippen LogP contribution >= 0.6 is 0 Å². The Labute approximate surface area is 226 Å². The van der Waals surface area contributed by atoms with Crippen molar-refractivity contribution < 1.29 is 23.7 Å². The van der Waals surface area contributed by atoms with Crippen molar-refractivity contribution in [2.75, 3.05) is 13.7 Å². The lowest BCUT2D eigenvalue weighted by Crippen LogP contribution is -2.44. The van der Waals surface area contributed by atoms with Gasteiger partial charge in [0.2, 0.25) is 11.8 Å². The maximum Gasteiger partial charge on any atom is 0.323 e.